The van der Waals surface area contributed by atoms with Crippen molar-refractivity contribution < 1.29 is 14.2 Å². The molecule has 5 heteroatoms. The first-order chi connectivity index (χ1) is 15.7. The maximum Gasteiger partial charge on any atom is 0.158 e. The van der Waals surface area contributed by atoms with E-state index in [-0.39, 0.29) is 17.8 Å². The lowest BCUT2D eigenvalue weighted by atomic mass is 9.99. The summed E-state index contributed by atoms with van der Waals surface area (Å²) < 4.78 is 19.3. The number of halogens is 1. The molecule has 2 aliphatic rings. The third kappa shape index (κ3) is 6.65. The third-order valence-electron chi connectivity index (χ3n) is 6.53. The summed E-state index contributed by atoms with van der Waals surface area (Å²) in [4.78, 5) is 0. The Kier molecular flexibility index (Phi) is 8.37. The maximum atomic E-state index is 9.17. The zero-order chi connectivity index (χ0) is 22.2. The Balaban J connectivity index is 1.43. The minimum atomic E-state index is -0.0874. The van der Waals surface area contributed by atoms with E-state index in [4.69, 9.17) is 14.2 Å². The zero-order valence-corrected chi connectivity index (χ0v) is 20.2. The quantitative estimate of drug-likeness (QED) is 0.339. The van der Waals surface area contributed by atoms with Crippen molar-refractivity contribution in [2.45, 2.75) is 70.4 Å². The van der Waals surface area contributed by atoms with Gasteiger partial charge in [0.15, 0.2) is 6.29 Å². The van der Waals surface area contributed by atoms with Gasteiger partial charge in [-0.05, 0) is 67.7 Å². The molecule has 1 aliphatic heterocycles. The first kappa shape index (κ1) is 23.4. The zero-order valence-electron chi connectivity index (χ0n) is 18.6. The van der Waals surface area contributed by atoms with Gasteiger partial charge in [0.25, 0.3) is 0 Å². The van der Waals surface area contributed by atoms with Crippen LogP contribution in [0.5, 0.6) is 0 Å². The molecule has 0 N–H and O–H groups in total. The number of ether oxygens (including phenoxy) is 3. The Labute approximate surface area is 200 Å². The van der Waals surface area contributed by atoms with E-state index in [9.17, 15) is 5.26 Å². The van der Waals surface area contributed by atoms with Crippen LogP contribution in [0, 0.1) is 16.7 Å². The summed E-state index contributed by atoms with van der Waals surface area (Å²) in [7, 11) is 0. The van der Waals surface area contributed by atoms with Gasteiger partial charge in [0, 0.05) is 22.9 Å². The summed E-state index contributed by atoms with van der Waals surface area (Å²) in [5.74, 6) is 0. The second-order valence-electron chi connectivity index (χ2n) is 9.12. The van der Waals surface area contributed by atoms with Gasteiger partial charge in [0.05, 0.1) is 25.4 Å². The molecule has 0 aromatic heterocycles. The van der Waals surface area contributed by atoms with Crippen LogP contribution >= 0.6 is 15.9 Å². The molecule has 170 valence electrons. The molecule has 2 aromatic carbocycles. The van der Waals surface area contributed by atoms with E-state index in [0.29, 0.717) is 19.6 Å². The lowest BCUT2D eigenvalue weighted by Gasteiger charge is -2.24. The molecule has 1 unspecified atom stereocenters. The van der Waals surface area contributed by atoms with Crippen molar-refractivity contribution in [2.24, 2.45) is 5.41 Å². The average molecular weight is 498 g/mol. The van der Waals surface area contributed by atoms with Crippen LogP contribution in [0.15, 0.2) is 53.0 Å². The van der Waals surface area contributed by atoms with E-state index < -0.39 is 0 Å². The van der Waals surface area contributed by atoms with Crippen LogP contribution < -0.4 is 0 Å². The second-order valence-corrected chi connectivity index (χ2v) is 9.97. The van der Waals surface area contributed by atoms with Gasteiger partial charge >= 0.3 is 0 Å². The van der Waals surface area contributed by atoms with Crippen molar-refractivity contribution in [3.05, 3.63) is 69.7 Å². The first-order valence-corrected chi connectivity index (χ1v) is 12.5. The van der Waals surface area contributed by atoms with Crippen LogP contribution in [-0.2, 0) is 27.2 Å². The van der Waals surface area contributed by atoms with Crippen molar-refractivity contribution >= 4 is 15.9 Å². The number of benzene rings is 2. The standard InChI is InChI=1S/C27H32BrNO3/c28-24-9-2-1-7-22(24)11-12-25(32-20-27(13-14-27)15-16-29)23-8-5-6-21(18-23)19-31-26-10-3-4-17-30-26/h1-2,5-9,18,25-26H,3-4,10-15,17,19-20H2/t25-,26?/m1/s1. The Morgan fingerprint density at radius 2 is 2.03 bits per heavy atom. The Morgan fingerprint density at radius 1 is 1.16 bits per heavy atom. The monoisotopic (exact) mass is 497 g/mol. The molecule has 1 saturated carbocycles. The van der Waals surface area contributed by atoms with Crippen molar-refractivity contribution in [3.8, 4) is 6.07 Å². The van der Waals surface area contributed by atoms with Crippen LogP contribution in [0.2, 0.25) is 0 Å². The predicted octanol–water partition coefficient (Wildman–Crippen LogP) is 6.88. The summed E-state index contributed by atoms with van der Waals surface area (Å²) in [6, 6.07) is 19.3. The fraction of sp³-hybridized carbons (Fsp3) is 0.519. The molecule has 2 fully saturated rings. The molecule has 4 nitrogen and oxygen atoms in total. The molecule has 1 saturated heterocycles. The summed E-state index contributed by atoms with van der Waals surface area (Å²) in [6.45, 7) is 1.99. The van der Waals surface area contributed by atoms with Crippen LogP contribution in [-0.4, -0.2) is 19.5 Å². The Bertz CT molecular complexity index is 915. The van der Waals surface area contributed by atoms with Crippen LogP contribution in [0.25, 0.3) is 0 Å². The molecule has 0 radical (unpaired) electrons. The smallest absolute Gasteiger partial charge is 0.158 e. The minimum absolute atomic E-state index is 0.0100. The number of hydrogen-bond acceptors (Lipinski definition) is 4. The number of nitriles is 1. The lowest BCUT2D eigenvalue weighted by molar-refractivity contribution is -0.168. The predicted molar refractivity (Wildman–Crippen MR) is 128 cm³/mol. The number of aryl methyl sites for hydroxylation is 1. The fourth-order valence-corrected chi connectivity index (χ4v) is 4.73. The van der Waals surface area contributed by atoms with Gasteiger partial charge in [0.1, 0.15) is 0 Å². The highest BCUT2D eigenvalue weighted by Gasteiger charge is 2.43. The highest BCUT2D eigenvalue weighted by molar-refractivity contribution is 9.10. The van der Waals surface area contributed by atoms with Gasteiger partial charge < -0.3 is 14.2 Å². The fourth-order valence-electron chi connectivity index (χ4n) is 4.24. The van der Waals surface area contributed by atoms with E-state index in [2.05, 4.69) is 64.5 Å². The molecule has 0 amide bonds. The van der Waals surface area contributed by atoms with Crippen molar-refractivity contribution in [1.82, 2.24) is 0 Å². The minimum Gasteiger partial charge on any atom is -0.373 e. The molecule has 0 bridgehead atoms. The van der Waals surface area contributed by atoms with Gasteiger partial charge in [-0.3, -0.25) is 0 Å². The van der Waals surface area contributed by atoms with Crippen molar-refractivity contribution in [2.75, 3.05) is 13.2 Å². The number of hydrogen-bond donors (Lipinski definition) is 0. The normalized spacial score (nSPS) is 20.4. The molecule has 2 aromatic rings. The van der Waals surface area contributed by atoms with Crippen LogP contribution in [0.1, 0.15) is 67.7 Å². The highest BCUT2D eigenvalue weighted by atomic mass is 79.9. The molecule has 2 atom stereocenters. The summed E-state index contributed by atoms with van der Waals surface area (Å²) in [6.07, 6.45) is 7.74. The molecule has 0 spiro atoms. The molecule has 32 heavy (non-hydrogen) atoms. The van der Waals surface area contributed by atoms with Gasteiger partial charge in [-0.15, -0.1) is 0 Å². The van der Waals surface area contributed by atoms with Crippen molar-refractivity contribution in [3.63, 3.8) is 0 Å². The van der Waals surface area contributed by atoms with Gasteiger partial charge in [-0.1, -0.05) is 58.4 Å². The maximum absolute atomic E-state index is 9.17. The molecular weight excluding hydrogens is 466 g/mol. The number of rotatable bonds is 11. The van der Waals surface area contributed by atoms with Crippen molar-refractivity contribution in [1.29, 1.82) is 5.26 Å². The van der Waals surface area contributed by atoms with Gasteiger partial charge in [-0.25, -0.2) is 0 Å². The molecule has 1 aliphatic carbocycles. The largest absolute Gasteiger partial charge is 0.373 e. The topological polar surface area (TPSA) is 51.5 Å². The van der Waals surface area contributed by atoms with E-state index in [0.717, 1.165) is 55.2 Å². The first-order valence-electron chi connectivity index (χ1n) is 11.7. The Hall–Kier alpha value is -1.71. The highest BCUT2D eigenvalue weighted by Crippen LogP contribution is 2.49. The lowest BCUT2D eigenvalue weighted by Crippen LogP contribution is -2.22. The SMILES string of the molecule is N#CCC1(CO[C@H](CCc2ccccc2Br)c2cccc(COC3CCCCO3)c2)CC1. The van der Waals surface area contributed by atoms with Gasteiger partial charge in [0.2, 0.25) is 0 Å². The summed E-state index contributed by atoms with van der Waals surface area (Å²) >= 11 is 3.67. The summed E-state index contributed by atoms with van der Waals surface area (Å²) in [5, 5.41) is 9.17. The number of nitrogens with zero attached hydrogens (tertiary/aromatic N) is 1. The van der Waals surface area contributed by atoms with E-state index >= 15 is 0 Å². The van der Waals surface area contributed by atoms with E-state index in [1.165, 1.54) is 17.5 Å². The van der Waals surface area contributed by atoms with Crippen LogP contribution in [0.3, 0.4) is 0 Å². The Morgan fingerprint density at radius 3 is 2.78 bits per heavy atom. The van der Waals surface area contributed by atoms with Crippen LogP contribution in [0.4, 0.5) is 0 Å². The third-order valence-corrected chi connectivity index (χ3v) is 7.31. The van der Waals surface area contributed by atoms with Gasteiger partial charge in [-0.2, -0.15) is 5.26 Å². The summed E-state index contributed by atoms with van der Waals surface area (Å²) in [5.41, 5.74) is 3.67. The molecule has 4 rings (SSSR count). The van der Waals surface area contributed by atoms with E-state index in [1.807, 2.05) is 6.07 Å². The van der Waals surface area contributed by atoms with E-state index in [1.54, 1.807) is 0 Å². The molecular formula is C27H32BrNO3. The molecule has 1 heterocycles. The average Bonchev–Trinajstić information content (AvgIpc) is 3.59. The second kappa shape index (κ2) is 11.4.